The summed E-state index contributed by atoms with van der Waals surface area (Å²) < 4.78 is 0. The van der Waals surface area contributed by atoms with Crippen LogP contribution in [0.2, 0.25) is 0 Å². The van der Waals surface area contributed by atoms with Gasteiger partial charge in [-0.1, -0.05) is 37.6 Å². The average molecular weight is 137 g/mol. The predicted octanol–water partition coefficient (Wildman–Crippen LogP) is 1.86. The molecule has 0 spiro atoms. The van der Waals surface area contributed by atoms with E-state index in [1.165, 1.54) is 5.57 Å². The van der Waals surface area contributed by atoms with E-state index in [0.717, 1.165) is 6.42 Å². The molecule has 1 rings (SSSR count). The maximum absolute atomic E-state index is 5.86. The van der Waals surface area contributed by atoms with Gasteiger partial charge >= 0.3 is 0 Å². The fourth-order valence-electron chi connectivity index (χ4n) is 1.28. The standard InChI is InChI=1S/C9H15N/c1-7(2)8-5-3-4-6-9(8)10/h3-5,7,9H,6,10H2,1-2H3. The third-order valence-corrected chi connectivity index (χ3v) is 1.91. The minimum absolute atomic E-state index is 0.269. The Balaban J connectivity index is 2.70. The summed E-state index contributed by atoms with van der Waals surface area (Å²) in [5.74, 6) is 0.597. The molecule has 1 atom stereocenters. The van der Waals surface area contributed by atoms with Crippen LogP contribution < -0.4 is 5.73 Å². The van der Waals surface area contributed by atoms with E-state index in [2.05, 4.69) is 32.1 Å². The zero-order valence-corrected chi connectivity index (χ0v) is 6.67. The second-order valence-corrected chi connectivity index (χ2v) is 3.09. The van der Waals surface area contributed by atoms with Crippen LogP contribution >= 0.6 is 0 Å². The number of rotatable bonds is 1. The third-order valence-electron chi connectivity index (χ3n) is 1.91. The molecule has 0 saturated heterocycles. The normalized spacial score (nSPS) is 25.2. The van der Waals surface area contributed by atoms with Gasteiger partial charge < -0.3 is 5.73 Å². The minimum atomic E-state index is 0.269. The summed E-state index contributed by atoms with van der Waals surface area (Å²) in [5, 5.41) is 0. The van der Waals surface area contributed by atoms with Gasteiger partial charge in [-0.15, -0.1) is 0 Å². The lowest BCUT2D eigenvalue weighted by molar-refractivity contribution is 0.640. The lowest BCUT2D eigenvalue weighted by atomic mass is 9.91. The van der Waals surface area contributed by atoms with Gasteiger partial charge in [0.25, 0.3) is 0 Å². The lowest BCUT2D eigenvalue weighted by Crippen LogP contribution is -2.25. The number of nitrogens with two attached hydrogens (primary N) is 1. The van der Waals surface area contributed by atoms with Crippen molar-refractivity contribution in [1.82, 2.24) is 0 Å². The molecule has 1 heteroatoms. The van der Waals surface area contributed by atoms with Crippen LogP contribution in [0.1, 0.15) is 20.3 Å². The summed E-state index contributed by atoms with van der Waals surface area (Å²) in [7, 11) is 0. The average Bonchev–Trinajstić information content (AvgIpc) is 1.88. The molecule has 0 saturated carbocycles. The van der Waals surface area contributed by atoms with Crippen LogP contribution in [-0.4, -0.2) is 6.04 Å². The highest BCUT2D eigenvalue weighted by Gasteiger charge is 2.12. The summed E-state index contributed by atoms with van der Waals surface area (Å²) in [6, 6.07) is 0.269. The quantitative estimate of drug-likeness (QED) is 0.586. The molecule has 1 aliphatic rings. The van der Waals surface area contributed by atoms with Gasteiger partial charge in [-0.25, -0.2) is 0 Å². The van der Waals surface area contributed by atoms with Crippen molar-refractivity contribution in [2.24, 2.45) is 11.7 Å². The second-order valence-electron chi connectivity index (χ2n) is 3.09. The van der Waals surface area contributed by atoms with Crippen molar-refractivity contribution in [3.8, 4) is 0 Å². The molecule has 56 valence electrons. The van der Waals surface area contributed by atoms with E-state index in [9.17, 15) is 0 Å². The first kappa shape index (κ1) is 7.55. The zero-order chi connectivity index (χ0) is 7.56. The molecule has 0 aromatic rings. The SMILES string of the molecule is CC(C)C1=CC=CCC1N. The van der Waals surface area contributed by atoms with Crippen molar-refractivity contribution in [1.29, 1.82) is 0 Å². The maximum Gasteiger partial charge on any atom is 0.0294 e. The van der Waals surface area contributed by atoms with Crippen molar-refractivity contribution in [2.45, 2.75) is 26.3 Å². The first-order chi connectivity index (χ1) is 4.72. The van der Waals surface area contributed by atoms with Crippen molar-refractivity contribution >= 4 is 0 Å². The van der Waals surface area contributed by atoms with Crippen LogP contribution in [0, 0.1) is 5.92 Å². The molecule has 1 aliphatic carbocycles. The summed E-state index contributed by atoms with van der Waals surface area (Å²) in [5.41, 5.74) is 7.24. The number of hydrogen-bond donors (Lipinski definition) is 1. The highest BCUT2D eigenvalue weighted by Crippen LogP contribution is 2.18. The fourth-order valence-corrected chi connectivity index (χ4v) is 1.28. The lowest BCUT2D eigenvalue weighted by Gasteiger charge is -2.19. The maximum atomic E-state index is 5.86. The van der Waals surface area contributed by atoms with Gasteiger partial charge in [0.05, 0.1) is 0 Å². The molecule has 0 aromatic heterocycles. The Labute approximate surface area is 62.6 Å². The van der Waals surface area contributed by atoms with Crippen molar-refractivity contribution in [3.05, 3.63) is 23.8 Å². The van der Waals surface area contributed by atoms with Crippen LogP contribution in [0.5, 0.6) is 0 Å². The number of hydrogen-bond acceptors (Lipinski definition) is 1. The fraction of sp³-hybridized carbons (Fsp3) is 0.556. The highest BCUT2D eigenvalue weighted by molar-refractivity contribution is 5.24. The monoisotopic (exact) mass is 137 g/mol. The Hall–Kier alpha value is -0.560. The van der Waals surface area contributed by atoms with Crippen LogP contribution in [0.25, 0.3) is 0 Å². The molecule has 10 heavy (non-hydrogen) atoms. The van der Waals surface area contributed by atoms with Crippen molar-refractivity contribution in [3.63, 3.8) is 0 Å². The molecule has 0 bridgehead atoms. The summed E-state index contributed by atoms with van der Waals surface area (Å²) in [4.78, 5) is 0. The van der Waals surface area contributed by atoms with Gasteiger partial charge in [0.2, 0.25) is 0 Å². The van der Waals surface area contributed by atoms with E-state index in [0.29, 0.717) is 5.92 Å². The zero-order valence-electron chi connectivity index (χ0n) is 6.67. The van der Waals surface area contributed by atoms with Gasteiger partial charge in [-0.2, -0.15) is 0 Å². The van der Waals surface area contributed by atoms with E-state index < -0.39 is 0 Å². The Morgan fingerprint density at radius 3 is 2.70 bits per heavy atom. The molecule has 0 heterocycles. The molecule has 0 aromatic carbocycles. The van der Waals surface area contributed by atoms with Crippen molar-refractivity contribution < 1.29 is 0 Å². The van der Waals surface area contributed by atoms with Gasteiger partial charge in [0.15, 0.2) is 0 Å². The first-order valence-corrected chi connectivity index (χ1v) is 3.84. The molecule has 0 fully saturated rings. The molecule has 2 N–H and O–H groups in total. The Bertz CT molecular complexity index is 166. The van der Waals surface area contributed by atoms with E-state index in [4.69, 9.17) is 5.73 Å². The van der Waals surface area contributed by atoms with Crippen LogP contribution in [-0.2, 0) is 0 Å². The van der Waals surface area contributed by atoms with Gasteiger partial charge in [0.1, 0.15) is 0 Å². The Morgan fingerprint density at radius 1 is 1.60 bits per heavy atom. The second kappa shape index (κ2) is 3.02. The first-order valence-electron chi connectivity index (χ1n) is 3.84. The van der Waals surface area contributed by atoms with Crippen molar-refractivity contribution in [2.75, 3.05) is 0 Å². The molecule has 0 amide bonds. The smallest absolute Gasteiger partial charge is 0.0294 e. The van der Waals surface area contributed by atoms with Gasteiger partial charge in [-0.3, -0.25) is 0 Å². The Kier molecular flexibility index (Phi) is 2.28. The summed E-state index contributed by atoms with van der Waals surface area (Å²) >= 11 is 0. The molecule has 0 aliphatic heterocycles. The van der Waals surface area contributed by atoms with Crippen LogP contribution in [0.15, 0.2) is 23.8 Å². The highest BCUT2D eigenvalue weighted by atomic mass is 14.6. The van der Waals surface area contributed by atoms with Gasteiger partial charge in [0, 0.05) is 6.04 Å². The molecule has 1 nitrogen and oxygen atoms in total. The molecule has 0 radical (unpaired) electrons. The third kappa shape index (κ3) is 1.48. The van der Waals surface area contributed by atoms with E-state index in [1.807, 2.05) is 0 Å². The van der Waals surface area contributed by atoms with Crippen LogP contribution in [0.3, 0.4) is 0 Å². The minimum Gasteiger partial charge on any atom is -0.324 e. The largest absolute Gasteiger partial charge is 0.324 e. The van der Waals surface area contributed by atoms with Gasteiger partial charge in [-0.05, 0) is 12.3 Å². The van der Waals surface area contributed by atoms with E-state index in [-0.39, 0.29) is 6.04 Å². The molecule has 1 unspecified atom stereocenters. The van der Waals surface area contributed by atoms with Crippen LogP contribution in [0.4, 0.5) is 0 Å². The predicted molar refractivity (Wildman–Crippen MR) is 44.7 cm³/mol. The topological polar surface area (TPSA) is 26.0 Å². The van der Waals surface area contributed by atoms with E-state index in [1.54, 1.807) is 0 Å². The summed E-state index contributed by atoms with van der Waals surface area (Å²) in [6.45, 7) is 4.37. The Morgan fingerprint density at radius 2 is 2.30 bits per heavy atom. The molecular formula is C9H15N. The molecular weight excluding hydrogens is 122 g/mol. The van der Waals surface area contributed by atoms with E-state index >= 15 is 0 Å². The number of allylic oxidation sites excluding steroid dienone is 2. The summed E-state index contributed by atoms with van der Waals surface area (Å²) in [6.07, 6.45) is 7.36.